The zero-order valence-electron chi connectivity index (χ0n) is 12.2. The molecule has 0 bridgehead atoms. The van der Waals surface area contributed by atoms with E-state index < -0.39 is 0 Å². The van der Waals surface area contributed by atoms with E-state index in [-0.39, 0.29) is 0 Å². The van der Waals surface area contributed by atoms with Crippen LogP contribution in [0.15, 0.2) is 96.5 Å². The maximum Gasteiger partial charge on any atom is 0.157 e. The van der Waals surface area contributed by atoms with Gasteiger partial charge in [-0.1, -0.05) is 61.2 Å². The fourth-order valence-corrected chi connectivity index (χ4v) is 3.01. The van der Waals surface area contributed by atoms with Crippen molar-refractivity contribution in [2.24, 2.45) is 11.8 Å². The van der Waals surface area contributed by atoms with Crippen molar-refractivity contribution in [3.63, 3.8) is 0 Å². The number of benzene rings is 1. The Morgan fingerprint density at radius 1 is 1.05 bits per heavy atom. The molecule has 108 valence electrons. The summed E-state index contributed by atoms with van der Waals surface area (Å²) < 4.78 is 6.14. The van der Waals surface area contributed by atoms with Gasteiger partial charge in [0.15, 0.2) is 11.5 Å². The van der Waals surface area contributed by atoms with E-state index in [1.54, 1.807) is 0 Å². The minimum Gasteiger partial charge on any atom is -0.452 e. The van der Waals surface area contributed by atoms with Gasteiger partial charge in [0.25, 0.3) is 0 Å². The van der Waals surface area contributed by atoms with Crippen molar-refractivity contribution in [1.29, 1.82) is 0 Å². The quantitative estimate of drug-likeness (QED) is 0.848. The number of hydrogen-bond acceptors (Lipinski definition) is 2. The first-order valence-electron chi connectivity index (χ1n) is 7.51. The predicted octanol–water partition coefficient (Wildman–Crippen LogP) is 4.74. The fraction of sp³-hybridized carbons (Fsp3) is 0.100. The molecule has 0 saturated heterocycles. The smallest absolute Gasteiger partial charge is 0.157 e. The van der Waals surface area contributed by atoms with E-state index in [0.717, 1.165) is 28.5 Å². The third-order valence-corrected chi connectivity index (χ3v) is 4.17. The molecule has 1 aromatic rings. The highest BCUT2D eigenvalue weighted by Gasteiger charge is 2.24. The average Bonchev–Trinajstić information content (AvgIpc) is 2.60. The molecule has 1 heterocycles. The van der Waals surface area contributed by atoms with Gasteiger partial charge in [-0.15, -0.1) is 0 Å². The van der Waals surface area contributed by atoms with E-state index in [1.165, 1.54) is 0 Å². The van der Waals surface area contributed by atoms with Crippen molar-refractivity contribution in [3.05, 3.63) is 96.5 Å². The maximum absolute atomic E-state index is 6.14. The van der Waals surface area contributed by atoms with Crippen LogP contribution in [0.3, 0.4) is 0 Å². The highest BCUT2D eigenvalue weighted by molar-refractivity contribution is 5.67. The van der Waals surface area contributed by atoms with Gasteiger partial charge in [-0.05, 0) is 18.2 Å². The highest BCUT2D eigenvalue weighted by atomic mass is 16.5. The summed E-state index contributed by atoms with van der Waals surface area (Å²) in [6.45, 7) is 3.91. The lowest BCUT2D eigenvalue weighted by Crippen LogP contribution is -2.18. The lowest BCUT2D eigenvalue weighted by molar-refractivity contribution is 0.427. The van der Waals surface area contributed by atoms with Crippen LogP contribution in [0.25, 0.3) is 0 Å². The van der Waals surface area contributed by atoms with Crippen molar-refractivity contribution >= 4 is 5.69 Å². The molecule has 0 spiro atoms. The maximum atomic E-state index is 6.14. The van der Waals surface area contributed by atoms with Crippen LogP contribution in [0.5, 0.6) is 5.75 Å². The van der Waals surface area contributed by atoms with E-state index in [4.69, 9.17) is 4.74 Å². The van der Waals surface area contributed by atoms with Crippen LogP contribution in [0, 0.1) is 11.8 Å². The first-order valence-corrected chi connectivity index (χ1v) is 7.51. The first kappa shape index (κ1) is 13.0. The van der Waals surface area contributed by atoms with Gasteiger partial charge in [-0.2, -0.15) is 0 Å². The standard InChI is InChI=1S/C20H17NO/c1-2-17-20(22-19-10-6-5-9-18(19)21-17)16-12-11-14-7-3-4-8-15(14)13-16/h2-15,21H,1H2. The van der Waals surface area contributed by atoms with Crippen molar-refractivity contribution in [2.45, 2.75) is 0 Å². The summed E-state index contributed by atoms with van der Waals surface area (Å²) in [6.07, 6.45) is 17.1. The topological polar surface area (TPSA) is 21.3 Å². The molecule has 0 saturated carbocycles. The molecule has 2 heteroatoms. The van der Waals surface area contributed by atoms with Gasteiger partial charge in [-0.25, -0.2) is 0 Å². The first-order chi connectivity index (χ1) is 10.8. The fourth-order valence-electron chi connectivity index (χ4n) is 3.01. The molecule has 0 amide bonds. The van der Waals surface area contributed by atoms with Crippen molar-refractivity contribution in [1.82, 2.24) is 0 Å². The van der Waals surface area contributed by atoms with Gasteiger partial charge < -0.3 is 10.1 Å². The Bertz CT molecular complexity index is 777. The van der Waals surface area contributed by atoms with Crippen LogP contribution in [-0.4, -0.2) is 0 Å². The number of para-hydroxylation sites is 2. The van der Waals surface area contributed by atoms with Crippen LogP contribution in [0.1, 0.15) is 0 Å². The second-order valence-corrected chi connectivity index (χ2v) is 5.58. The number of anilines is 1. The number of rotatable bonds is 2. The number of fused-ring (bicyclic) bond motifs is 2. The molecule has 2 aliphatic carbocycles. The Kier molecular flexibility index (Phi) is 3.08. The second kappa shape index (κ2) is 5.23. The number of nitrogens with one attached hydrogen (secondary N) is 1. The number of ether oxygens (including phenoxy) is 1. The van der Waals surface area contributed by atoms with Gasteiger partial charge in [0.1, 0.15) is 0 Å². The summed E-state index contributed by atoms with van der Waals surface area (Å²) in [5.74, 6) is 2.53. The lowest BCUT2D eigenvalue weighted by atomic mass is 9.82. The predicted molar refractivity (Wildman–Crippen MR) is 90.4 cm³/mol. The van der Waals surface area contributed by atoms with Crippen LogP contribution in [0.2, 0.25) is 0 Å². The monoisotopic (exact) mass is 287 g/mol. The Labute approximate surface area is 130 Å². The van der Waals surface area contributed by atoms with Crippen LogP contribution in [-0.2, 0) is 0 Å². The Balaban J connectivity index is 1.72. The van der Waals surface area contributed by atoms with E-state index in [0.29, 0.717) is 11.8 Å². The van der Waals surface area contributed by atoms with Crippen LogP contribution >= 0.6 is 0 Å². The van der Waals surface area contributed by atoms with Crippen molar-refractivity contribution < 1.29 is 4.74 Å². The molecule has 2 unspecified atom stereocenters. The second-order valence-electron chi connectivity index (χ2n) is 5.58. The molecule has 1 N–H and O–H groups in total. The summed E-state index contributed by atoms with van der Waals surface area (Å²) in [6, 6.07) is 7.95. The zero-order valence-corrected chi connectivity index (χ0v) is 12.2. The lowest BCUT2D eigenvalue weighted by Gasteiger charge is -2.28. The Hall–Kier alpha value is -2.74. The van der Waals surface area contributed by atoms with E-state index in [2.05, 4.69) is 54.4 Å². The molecule has 1 aliphatic heterocycles. The molecule has 0 radical (unpaired) electrons. The summed E-state index contributed by atoms with van der Waals surface area (Å²) in [4.78, 5) is 0. The minimum atomic E-state index is 0.393. The average molecular weight is 287 g/mol. The Morgan fingerprint density at radius 2 is 1.86 bits per heavy atom. The van der Waals surface area contributed by atoms with E-state index in [1.807, 2.05) is 30.3 Å². The number of allylic oxidation sites excluding steroid dienone is 8. The molecule has 4 rings (SSSR count). The molecule has 22 heavy (non-hydrogen) atoms. The molecule has 2 nitrogen and oxygen atoms in total. The SMILES string of the molecule is C=CC1=C(C2=CC3C=CC=CC3C=C2)Oc2ccccc2N1. The molecule has 0 fully saturated rings. The summed E-state index contributed by atoms with van der Waals surface area (Å²) >= 11 is 0. The van der Waals surface area contributed by atoms with Gasteiger partial charge in [0.05, 0.1) is 11.4 Å². The molecule has 3 aliphatic rings. The van der Waals surface area contributed by atoms with Crippen LogP contribution in [0.4, 0.5) is 5.69 Å². The summed E-state index contributed by atoms with van der Waals surface area (Å²) in [5.41, 5.74) is 2.97. The van der Waals surface area contributed by atoms with Gasteiger partial charge >= 0.3 is 0 Å². The van der Waals surface area contributed by atoms with Gasteiger partial charge in [0.2, 0.25) is 0 Å². The van der Waals surface area contributed by atoms with Gasteiger partial charge in [0, 0.05) is 17.4 Å². The van der Waals surface area contributed by atoms with Crippen molar-refractivity contribution in [3.8, 4) is 5.75 Å². The molecular weight excluding hydrogens is 270 g/mol. The normalized spacial score (nSPS) is 24.8. The third kappa shape index (κ3) is 2.13. The molecular formula is C20H17NO. The van der Waals surface area contributed by atoms with Crippen LogP contribution < -0.4 is 10.1 Å². The highest BCUT2D eigenvalue weighted by Crippen LogP contribution is 2.38. The zero-order chi connectivity index (χ0) is 14.9. The van der Waals surface area contributed by atoms with E-state index >= 15 is 0 Å². The molecule has 2 atom stereocenters. The third-order valence-electron chi connectivity index (χ3n) is 4.17. The summed E-state index contributed by atoms with van der Waals surface area (Å²) in [5, 5.41) is 3.40. The molecule has 0 aromatic heterocycles. The Morgan fingerprint density at radius 3 is 2.73 bits per heavy atom. The van der Waals surface area contributed by atoms with Crippen molar-refractivity contribution in [2.75, 3.05) is 5.32 Å². The van der Waals surface area contributed by atoms with Gasteiger partial charge in [-0.3, -0.25) is 0 Å². The number of hydrogen-bond donors (Lipinski definition) is 1. The largest absolute Gasteiger partial charge is 0.452 e. The molecule has 1 aromatic carbocycles. The van der Waals surface area contributed by atoms with E-state index in [9.17, 15) is 0 Å². The minimum absolute atomic E-state index is 0.393. The summed E-state index contributed by atoms with van der Waals surface area (Å²) in [7, 11) is 0.